The molecular formula is C17H15NO3. The van der Waals surface area contributed by atoms with Crippen molar-refractivity contribution in [3.8, 4) is 11.8 Å². The number of hydrogen-bond acceptors (Lipinski definition) is 4. The Labute approximate surface area is 123 Å². The second kappa shape index (κ2) is 7.11. The third-order valence-corrected chi connectivity index (χ3v) is 2.88. The van der Waals surface area contributed by atoms with Gasteiger partial charge in [-0.05, 0) is 31.2 Å². The van der Waals surface area contributed by atoms with Crippen molar-refractivity contribution in [1.29, 1.82) is 5.26 Å². The van der Waals surface area contributed by atoms with Crippen LogP contribution in [0.4, 0.5) is 0 Å². The second-order valence-electron chi connectivity index (χ2n) is 4.31. The van der Waals surface area contributed by atoms with Crippen LogP contribution >= 0.6 is 0 Å². The van der Waals surface area contributed by atoms with Gasteiger partial charge < -0.3 is 9.47 Å². The van der Waals surface area contributed by atoms with E-state index < -0.39 is 0 Å². The first kappa shape index (κ1) is 14.6. The quantitative estimate of drug-likeness (QED) is 0.789. The Kier molecular flexibility index (Phi) is 4.94. The van der Waals surface area contributed by atoms with Gasteiger partial charge in [-0.1, -0.05) is 24.3 Å². The first-order chi connectivity index (χ1) is 10.2. The lowest BCUT2D eigenvalue weighted by atomic mass is 10.1. The Bertz CT molecular complexity index is 674. The fraction of sp³-hybridized carbons (Fsp3) is 0.176. The lowest BCUT2D eigenvalue weighted by Crippen LogP contribution is -2.05. The predicted molar refractivity (Wildman–Crippen MR) is 77.9 cm³/mol. The van der Waals surface area contributed by atoms with E-state index in [9.17, 15) is 4.79 Å². The SMILES string of the molecule is CCOC(=O)c1cccc(OCc2ccccc2C#N)c1. The minimum absolute atomic E-state index is 0.274. The monoisotopic (exact) mass is 281 g/mol. The molecule has 0 saturated heterocycles. The summed E-state index contributed by atoms with van der Waals surface area (Å²) in [5.74, 6) is 0.189. The van der Waals surface area contributed by atoms with Gasteiger partial charge in [0.05, 0.1) is 23.8 Å². The lowest BCUT2D eigenvalue weighted by Gasteiger charge is -2.09. The van der Waals surface area contributed by atoms with E-state index in [2.05, 4.69) is 6.07 Å². The van der Waals surface area contributed by atoms with E-state index in [0.717, 1.165) is 5.56 Å². The number of nitrogens with zero attached hydrogens (tertiary/aromatic N) is 1. The summed E-state index contributed by atoms with van der Waals surface area (Å²) in [6.45, 7) is 2.37. The molecule has 0 bridgehead atoms. The third-order valence-electron chi connectivity index (χ3n) is 2.88. The van der Waals surface area contributed by atoms with Crippen LogP contribution < -0.4 is 4.74 Å². The highest BCUT2D eigenvalue weighted by atomic mass is 16.5. The van der Waals surface area contributed by atoms with E-state index >= 15 is 0 Å². The van der Waals surface area contributed by atoms with E-state index in [1.54, 1.807) is 37.3 Å². The summed E-state index contributed by atoms with van der Waals surface area (Å²) in [4.78, 5) is 11.7. The van der Waals surface area contributed by atoms with Crippen LogP contribution in [0.15, 0.2) is 48.5 Å². The third kappa shape index (κ3) is 3.83. The maximum absolute atomic E-state index is 11.7. The highest BCUT2D eigenvalue weighted by molar-refractivity contribution is 5.89. The fourth-order valence-electron chi connectivity index (χ4n) is 1.84. The zero-order chi connectivity index (χ0) is 15.1. The highest BCUT2D eigenvalue weighted by Gasteiger charge is 2.08. The van der Waals surface area contributed by atoms with Gasteiger partial charge >= 0.3 is 5.97 Å². The Morgan fingerprint density at radius 1 is 1.19 bits per heavy atom. The van der Waals surface area contributed by atoms with Crippen molar-refractivity contribution in [3.63, 3.8) is 0 Å². The number of rotatable bonds is 5. The molecule has 0 spiro atoms. The standard InChI is InChI=1S/C17H15NO3/c1-2-20-17(19)13-8-5-9-16(10-13)21-12-15-7-4-3-6-14(15)11-18/h3-10H,2,12H2,1H3. The summed E-state index contributed by atoms with van der Waals surface area (Å²) in [6, 6.07) is 16.2. The minimum Gasteiger partial charge on any atom is -0.489 e. The lowest BCUT2D eigenvalue weighted by molar-refractivity contribution is 0.0526. The van der Waals surface area contributed by atoms with Gasteiger partial charge in [0.2, 0.25) is 0 Å². The van der Waals surface area contributed by atoms with E-state index in [1.165, 1.54) is 0 Å². The van der Waals surface area contributed by atoms with Crippen LogP contribution in [0.1, 0.15) is 28.4 Å². The highest BCUT2D eigenvalue weighted by Crippen LogP contribution is 2.17. The number of nitriles is 1. The zero-order valence-corrected chi connectivity index (χ0v) is 11.7. The van der Waals surface area contributed by atoms with E-state index in [1.807, 2.05) is 18.2 Å². The molecule has 0 aliphatic rings. The molecule has 0 aromatic heterocycles. The maximum Gasteiger partial charge on any atom is 0.338 e. The molecule has 2 aromatic rings. The van der Waals surface area contributed by atoms with Gasteiger partial charge in [0.15, 0.2) is 0 Å². The summed E-state index contributed by atoms with van der Waals surface area (Å²) < 4.78 is 10.6. The molecule has 2 rings (SSSR count). The number of esters is 1. The molecular weight excluding hydrogens is 266 g/mol. The molecule has 4 nitrogen and oxygen atoms in total. The molecule has 0 atom stereocenters. The van der Waals surface area contributed by atoms with Crippen LogP contribution in [0.25, 0.3) is 0 Å². The van der Waals surface area contributed by atoms with Gasteiger partial charge in [0, 0.05) is 5.56 Å². The van der Waals surface area contributed by atoms with Gasteiger partial charge in [-0.15, -0.1) is 0 Å². The number of benzene rings is 2. The predicted octanol–water partition coefficient (Wildman–Crippen LogP) is 3.31. The number of ether oxygens (including phenoxy) is 2. The van der Waals surface area contributed by atoms with Crippen molar-refractivity contribution in [3.05, 3.63) is 65.2 Å². The molecule has 0 unspecified atom stereocenters. The summed E-state index contributed by atoms with van der Waals surface area (Å²) in [5, 5.41) is 9.02. The van der Waals surface area contributed by atoms with Crippen molar-refractivity contribution in [2.24, 2.45) is 0 Å². The number of carbonyl (C=O) groups excluding carboxylic acids is 1. The van der Waals surface area contributed by atoms with Gasteiger partial charge in [0.1, 0.15) is 12.4 Å². The van der Waals surface area contributed by atoms with Gasteiger partial charge in [-0.2, -0.15) is 5.26 Å². The van der Waals surface area contributed by atoms with E-state index in [4.69, 9.17) is 14.7 Å². The Balaban J connectivity index is 2.09. The largest absolute Gasteiger partial charge is 0.489 e. The first-order valence-electron chi connectivity index (χ1n) is 6.62. The molecule has 0 N–H and O–H groups in total. The molecule has 0 heterocycles. The van der Waals surface area contributed by atoms with Crippen LogP contribution in [-0.2, 0) is 11.3 Å². The number of hydrogen-bond donors (Lipinski definition) is 0. The fourth-order valence-corrected chi connectivity index (χ4v) is 1.84. The summed E-state index contributed by atoms with van der Waals surface area (Å²) in [7, 11) is 0. The molecule has 0 saturated carbocycles. The van der Waals surface area contributed by atoms with Gasteiger partial charge in [-0.3, -0.25) is 0 Å². The first-order valence-corrected chi connectivity index (χ1v) is 6.62. The van der Waals surface area contributed by atoms with Crippen LogP contribution in [0, 0.1) is 11.3 Å². The molecule has 0 radical (unpaired) electrons. The van der Waals surface area contributed by atoms with Gasteiger partial charge in [-0.25, -0.2) is 4.79 Å². The van der Waals surface area contributed by atoms with Crippen molar-refractivity contribution in [2.75, 3.05) is 6.61 Å². The Morgan fingerprint density at radius 2 is 2.00 bits per heavy atom. The smallest absolute Gasteiger partial charge is 0.338 e. The van der Waals surface area contributed by atoms with Crippen LogP contribution in [0.5, 0.6) is 5.75 Å². The van der Waals surface area contributed by atoms with Crippen LogP contribution in [0.3, 0.4) is 0 Å². The summed E-state index contributed by atoms with van der Waals surface area (Å²) in [5.41, 5.74) is 1.84. The molecule has 106 valence electrons. The zero-order valence-electron chi connectivity index (χ0n) is 11.7. The second-order valence-corrected chi connectivity index (χ2v) is 4.31. The summed E-state index contributed by atoms with van der Waals surface area (Å²) in [6.07, 6.45) is 0. The average molecular weight is 281 g/mol. The van der Waals surface area contributed by atoms with Crippen LogP contribution in [0.2, 0.25) is 0 Å². The molecule has 0 aliphatic carbocycles. The van der Waals surface area contributed by atoms with Crippen molar-refractivity contribution >= 4 is 5.97 Å². The Hall–Kier alpha value is -2.80. The molecule has 2 aromatic carbocycles. The summed E-state index contributed by atoms with van der Waals surface area (Å²) >= 11 is 0. The molecule has 0 amide bonds. The topological polar surface area (TPSA) is 59.3 Å². The van der Waals surface area contributed by atoms with Crippen molar-refractivity contribution in [1.82, 2.24) is 0 Å². The van der Waals surface area contributed by atoms with Gasteiger partial charge in [0.25, 0.3) is 0 Å². The molecule has 0 fully saturated rings. The molecule has 21 heavy (non-hydrogen) atoms. The Morgan fingerprint density at radius 3 is 2.76 bits per heavy atom. The number of carbonyl (C=O) groups is 1. The molecule has 0 aliphatic heterocycles. The normalized spacial score (nSPS) is 9.71. The van der Waals surface area contributed by atoms with Crippen LogP contribution in [-0.4, -0.2) is 12.6 Å². The van der Waals surface area contributed by atoms with E-state index in [-0.39, 0.29) is 12.6 Å². The minimum atomic E-state index is -0.375. The van der Waals surface area contributed by atoms with Crippen molar-refractivity contribution in [2.45, 2.75) is 13.5 Å². The van der Waals surface area contributed by atoms with E-state index in [0.29, 0.717) is 23.5 Å². The molecule has 4 heteroatoms. The average Bonchev–Trinajstić information content (AvgIpc) is 2.53. The van der Waals surface area contributed by atoms with Crippen molar-refractivity contribution < 1.29 is 14.3 Å². The maximum atomic E-state index is 11.7.